The molecule has 17 heavy (non-hydrogen) atoms. The van der Waals surface area contributed by atoms with Gasteiger partial charge < -0.3 is 10.5 Å². The fourth-order valence-corrected chi connectivity index (χ4v) is 1.39. The highest BCUT2D eigenvalue weighted by Crippen LogP contribution is 2.20. The van der Waals surface area contributed by atoms with Gasteiger partial charge in [0.1, 0.15) is 11.6 Å². The van der Waals surface area contributed by atoms with Crippen molar-refractivity contribution in [2.75, 3.05) is 5.73 Å². The number of nitrogens with zero attached hydrogens (tertiary/aromatic N) is 3. The van der Waals surface area contributed by atoms with Crippen LogP contribution in [-0.2, 0) is 0 Å². The van der Waals surface area contributed by atoms with Gasteiger partial charge in [0, 0.05) is 18.0 Å². The van der Waals surface area contributed by atoms with Crippen molar-refractivity contribution in [3.05, 3.63) is 30.7 Å². The molecule has 2 aromatic heterocycles. The van der Waals surface area contributed by atoms with Crippen molar-refractivity contribution in [1.29, 1.82) is 0 Å². The van der Waals surface area contributed by atoms with Crippen molar-refractivity contribution in [3.8, 4) is 17.1 Å². The summed E-state index contributed by atoms with van der Waals surface area (Å²) < 4.78 is 5.56. The molecule has 2 heterocycles. The molecule has 88 valence electrons. The Hall–Kier alpha value is -2.17. The van der Waals surface area contributed by atoms with E-state index in [-0.39, 0.29) is 6.10 Å². The topological polar surface area (TPSA) is 73.9 Å². The SMILES string of the molecule is CC(C)Oc1cncc(-c2nccc(N)n2)c1. The summed E-state index contributed by atoms with van der Waals surface area (Å²) in [5, 5.41) is 0. The van der Waals surface area contributed by atoms with Crippen LogP contribution in [0.2, 0.25) is 0 Å². The average molecular weight is 230 g/mol. The molecule has 0 spiro atoms. The van der Waals surface area contributed by atoms with Crippen molar-refractivity contribution < 1.29 is 4.74 Å². The Bertz CT molecular complexity index is 513. The van der Waals surface area contributed by atoms with Crippen LogP contribution in [0.25, 0.3) is 11.4 Å². The molecule has 2 aromatic rings. The van der Waals surface area contributed by atoms with Crippen LogP contribution in [0.1, 0.15) is 13.8 Å². The van der Waals surface area contributed by atoms with E-state index in [9.17, 15) is 0 Å². The van der Waals surface area contributed by atoms with Crippen LogP contribution in [0, 0.1) is 0 Å². The predicted molar refractivity (Wildman–Crippen MR) is 65.4 cm³/mol. The Morgan fingerprint density at radius 1 is 1.29 bits per heavy atom. The molecule has 0 aliphatic heterocycles. The van der Waals surface area contributed by atoms with Gasteiger partial charge in [-0.2, -0.15) is 0 Å². The molecule has 5 nitrogen and oxygen atoms in total. The molecule has 0 amide bonds. The molecule has 0 aromatic carbocycles. The number of rotatable bonds is 3. The lowest BCUT2D eigenvalue weighted by atomic mass is 10.2. The summed E-state index contributed by atoms with van der Waals surface area (Å²) in [6.07, 6.45) is 5.07. The summed E-state index contributed by atoms with van der Waals surface area (Å²) in [5.74, 6) is 1.68. The molecule has 0 bridgehead atoms. The molecule has 0 saturated heterocycles. The van der Waals surface area contributed by atoms with Gasteiger partial charge in [-0.25, -0.2) is 9.97 Å². The molecule has 0 radical (unpaired) electrons. The Morgan fingerprint density at radius 3 is 2.82 bits per heavy atom. The van der Waals surface area contributed by atoms with Crippen molar-refractivity contribution in [1.82, 2.24) is 15.0 Å². The molecular weight excluding hydrogens is 216 g/mol. The van der Waals surface area contributed by atoms with E-state index >= 15 is 0 Å². The molecule has 5 heteroatoms. The van der Waals surface area contributed by atoms with E-state index in [1.165, 1.54) is 0 Å². The van der Waals surface area contributed by atoms with Crippen LogP contribution < -0.4 is 10.5 Å². The van der Waals surface area contributed by atoms with E-state index in [4.69, 9.17) is 10.5 Å². The second kappa shape index (κ2) is 4.78. The zero-order valence-electron chi connectivity index (χ0n) is 9.79. The maximum Gasteiger partial charge on any atom is 0.163 e. The minimum Gasteiger partial charge on any atom is -0.489 e. The summed E-state index contributed by atoms with van der Waals surface area (Å²) in [4.78, 5) is 12.4. The second-order valence-corrected chi connectivity index (χ2v) is 3.88. The van der Waals surface area contributed by atoms with Crippen LogP contribution in [0.5, 0.6) is 5.75 Å². The van der Waals surface area contributed by atoms with Gasteiger partial charge in [-0.3, -0.25) is 4.98 Å². The zero-order valence-corrected chi connectivity index (χ0v) is 9.79. The van der Waals surface area contributed by atoms with Crippen LogP contribution in [0.4, 0.5) is 5.82 Å². The fraction of sp³-hybridized carbons (Fsp3) is 0.250. The highest BCUT2D eigenvalue weighted by atomic mass is 16.5. The third kappa shape index (κ3) is 2.90. The van der Waals surface area contributed by atoms with Crippen LogP contribution in [-0.4, -0.2) is 21.1 Å². The number of aromatic nitrogens is 3. The first kappa shape index (κ1) is 11.3. The molecule has 0 aliphatic rings. The Morgan fingerprint density at radius 2 is 2.12 bits per heavy atom. The van der Waals surface area contributed by atoms with Gasteiger partial charge in [-0.05, 0) is 26.0 Å². The van der Waals surface area contributed by atoms with Crippen molar-refractivity contribution in [3.63, 3.8) is 0 Å². The van der Waals surface area contributed by atoms with E-state index in [0.29, 0.717) is 17.4 Å². The maximum absolute atomic E-state index is 5.61. The van der Waals surface area contributed by atoms with Gasteiger partial charge >= 0.3 is 0 Å². The first-order valence-electron chi connectivity index (χ1n) is 5.36. The number of pyridine rings is 1. The summed E-state index contributed by atoms with van der Waals surface area (Å²) in [6, 6.07) is 3.49. The van der Waals surface area contributed by atoms with E-state index in [1.54, 1.807) is 24.7 Å². The molecular formula is C12H14N4O. The maximum atomic E-state index is 5.61. The van der Waals surface area contributed by atoms with Gasteiger partial charge in [-0.15, -0.1) is 0 Å². The number of hydrogen-bond donors (Lipinski definition) is 1. The lowest BCUT2D eigenvalue weighted by molar-refractivity contribution is 0.241. The highest BCUT2D eigenvalue weighted by molar-refractivity contribution is 5.56. The number of hydrogen-bond acceptors (Lipinski definition) is 5. The summed E-state index contributed by atoms with van der Waals surface area (Å²) in [7, 11) is 0. The normalized spacial score (nSPS) is 10.5. The standard InChI is InChI=1S/C12H14N4O/c1-8(2)17-10-5-9(6-14-7-10)12-15-4-3-11(13)16-12/h3-8H,1-2H3,(H2,13,15,16). The van der Waals surface area contributed by atoms with Gasteiger partial charge in [0.25, 0.3) is 0 Å². The van der Waals surface area contributed by atoms with E-state index in [1.807, 2.05) is 19.9 Å². The monoisotopic (exact) mass is 230 g/mol. The molecule has 0 aliphatic carbocycles. The minimum absolute atomic E-state index is 0.105. The zero-order chi connectivity index (χ0) is 12.3. The Labute approximate surface area is 99.7 Å². The summed E-state index contributed by atoms with van der Waals surface area (Å²) in [6.45, 7) is 3.92. The third-order valence-electron chi connectivity index (χ3n) is 2.02. The number of nitrogen functional groups attached to an aromatic ring is 1. The van der Waals surface area contributed by atoms with Crippen LogP contribution in [0.3, 0.4) is 0 Å². The molecule has 0 atom stereocenters. The van der Waals surface area contributed by atoms with Crippen LogP contribution >= 0.6 is 0 Å². The number of ether oxygens (including phenoxy) is 1. The quantitative estimate of drug-likeness (QED) is 0.871. The molecule has 2 N–H and O–H groups in total. The fourth-order valence-electron chi connectivity index (χ4n) is 1.39. The third-order valence-corrected chi connectivity index (χ3v) is 2.02. The first-order valence-corrected chi connectivity index (χ1v) is 5.36. The second-order valence-electron chi connectivity index (χ2n) is 3.88. The average Bonchev–Trinajstić information content (AvgIpc) is 2.28. The lowest BCUT2D eigenvalue weighted by Gasteiger charge is -2.09. The van der Waals surface area contributed by atoms with Crippen LogP contribution in [0.15, 0.2) is 30.7 Å². The largest absolute Gasteiger partial charge is 0.489 e. The van der Waals surface area contributed by atoms with Gasteiger partial charge in [0.15, 0.2) is 5.82 Å². The van der Waals surface area contributed by atoms with Crippen molar-refractivity contribution in [2.45, 2.75) is 20.0 Å². The highest BCUT2D eigenvalue weighted by Gasteiger charge is 2.05. The molecule has 0 unspecified atom stereocenters. The summed E-state index contributed by atoms with van der Waals surface area (Å²) in [5.41, 5.74) is 6.40. The molecule has 2 rings (SSSR count). The van der Waals surface area contributed by atoms with E-state index < -0.39 is 0 Å². The van der Waals surface area contributed by atoms with Gasteiger partial charge in [-0.1, -0.05) is 0 Å². The predicted octanol–water partition coefficient (Wildman–Crippen LogP) is 1.91. The van der Waals surface area contributed by atoms with E-state index in [0.717, 1.165) is 5.56 Å². The Balaban J connectivity index is 2.33. The Kier molecular flexibility index (Phi) is 3.18. The molecule has 0 fully saturated rings. The smallest absolute Gasteiger partial charge is 0.163 e. The lowest BCUT2D eigenvalue weighted by Crippen LogP contribution is -2.06. The van der Waals surface area contributed by atoms with Crippen molar-refractivity contribution in [2.24, 2.45) is 0 Å². The minimum atomic E-state index is 0.105. The number of nitrogens with two attached hydrogens (primary N) is 1. The number of anilines is 1. The van der Waals surface area contributed by atoms with Crippen molar-refractivity contribution >= 4 is 5.82 Å². The molecule has 0 saturated carbocycles. The van der Waals surface area contributed by atoms with Gasteiger partial charge in [0.2, 0.25) is 0 Å². The van der Waals surface area contributed by atoms with Gasteiger partial charge in [0.05, 0.1) is 12.3 Å². The summed E-state index contributed by atoms with van der Waals surface area (Å²) >= 11 is 0. The first-order chi connectivity index (χ1) is 8.15. The van der Waals surface area contributed by atoms with E-state index in [2.05, 4.69) is 15.0 Å².